The number of fused-ring (bicyclic) bond motifs is 1. The molecule has 9 heteroatoms. The Kier molecular flexibility index (Phi) is 3.62. The van der Waals surface area contributed by atoms with E-state index in [9.17, 15) is 4.79 Å². The zero-order valence-corrected chi connectivity index (χ0v) is 13.1. The summed E-state index contributed by atoms with van der Waals surface area (Å²) in [6.45, 7) is 2.64. The molecule has 0 fully saturated rings. The largest absolute Gasteiger partial charge is 0.333 e. The lowest BCUT2D eigenvalue weighted by Gasteiger charge is -2.23. The molecular formula is C14H15N7OS. The first-order valence-corrected chi connectivity index (χ1v) is 8.24. The molecule has 1 unspecified atom stereocenters. The molecule has 0 radical (unpaired) electrons. The summed E-state index contributed by atoms with van der Waals surface area (Å²) in [4.78, 5) is 27.0. The van der Waals surface area contributed by atoms with Gasteiger partial charge in [-0.1, -0.05) is 0 Å². The fourth-order valence-electron chi connectivity index (χ4n) is 2.88. The lowest BCUT2D eigenvalue weighted by atomic mass is 10.1. The summed E-state index contributed by atoms with van der Waals surface area (Å²) in [6, 6.07) is 0. The maximum atomic E-state index is 12.7. The Hall–Kier alpha value is -2.55. The average Bonchev–Trinajstić information content (AvgIpc) is 3.28. The lowest BCUT2D eigenvalue weighted by Crippen LogP contribution is -2.35. The standard InChI is InChI=1S/C14H15N7OS/c22-14(12-7-23-10-17-12)20-4-11(5-21-9-15-8-18-21)3-19-2-1-16-13(19)6-20/h1-2,7-11H,3-6H2. The number of aromatic nitrogens is 6. The van der Waals surface area contributed by atoms with Gasteiger partial charge in [0.1, 0.15) is 24.2 Å². The molecule has 118 valence electrons. The molecule has 1 amide bonds. The van der Waals surface area contributed by atoms with E-state index in [0.29, 0.717) is 25.3 Å². The Morgan fingerprint density at radius 1 is 1.35 bits per heavy atom. The minimum atomic E-state index is -0.0497. The van der Waals surface area contributed by atoms with Gasteiger partial charge in [-0.05, 0) is 0 Å². The van der Waals surface area contributed by atoms with Crippen molar-refractivity contribution in [3.05, 3.63) is 47.5 Å². The van der Waals surface area contributed by atoms with Crippen molar-refractivity contribution >= 4 is 17.2 Å². The molecule has 0 saturated heterocycles. The van der Waals surface area contributed by atoms with Crippen LogP contribution >= 0.6 is 11.3 Å². The lowest BCUT2D eigenvalue weighted by molar-refractivity contribution is 0.0707. The second-order valence-electron chi connectivity index (χ2n) is 5.54. The van der Waals surface area contributed by atoms with Crippen LogP contribution < -0.4 is 0 Å². The molecule has 1 aliphatic heterocycles. The van der Waals surface area contributed by atoms with Gasteiger partial charge in [-0.15, -0.1) is 11.3 Å². The van der Waals surface area contributed by atoms with Gasteiger partial charge in [0, 0.05) is 43.3 Å². The number of hydrogen-bond donors (Lipinski definition) is 0. The van der Waals surface area contributed by atoms with Crippen LogP contribution in [0.15, 0.2) is 35.9 Å². The van der Waals surface area contributed by atoms with E-state index < -0.39 is 0 Å². The van der Waals surface area contributed by atoms with Gasteiger partial charge in [0.15, 0.2) is 0 Å². The molecule has 0 aliphatic carbocycles. The number of nitrogens with zero attached hydrogens (tertiary/aromatic N) is 7. The fraction of sp³-hybridized carbons (Fsp3) is 0.357. The molecule has 3 aromatic heterocycles. The summed E-state index contributed by atoms with van der Waals surface area (Å²) in [7, 11) is 0. The topological polar surface area (TPSA) is 81.7 Å². The zero-order valence-electron chi connectivity index (χ0n) is 12.3. The first-order valence-electron chi connectivity index (χ1n) is 7.29. The molecule has 0 bridgehead atoms. The highest BCUT2D eigenvalue weighted by Crippen LogP contribution is 2.19. The average molecular weight is 329 g/mol. The quantitative estimate of drug-likeness (QED) is 0.713. The molecule has 0 N–H and O–H groups in total. The van der Waals surface area contributed by atoms with Gasteiger partial charge in [0.05, 0.1) is 12.1 Å². The van der Waals surface area contributed by atoms with E-state index in [2.05, 4.69) is 24.6 Å². The van der Waals surface area contributed by atoms with E-state index >= 15 is 0 Å². The van der Waals surface area contributed by atoms with Crippen LogP contribution in [0.1, 0.15) is 16.3 Å². The first-order chi connectivity index (χ1) is 11.3. The summed E-state index contributed by atoms with van der Waals surface area (Å²) in [5, 5.41) is 5.95. The molecule has 1 atom stereocenters. The summed E-state index contributed by atoms with van der Waals surface area (Å²) >= 11 is 1.43. The number of carbonyl (C=O) groups is 1. The Morgan fingerprint density at radius 2 is 2.30 bits per heavy atom. The molecule has 0 aromatic carbocycles. The normalized spacial score (nSPS) is 17.7. The van der Waals surface area contributed by atoms with Crippen molar-refractivity contribution in [1.29, 1.82) is 0 Å². The maximum absolute atomic E-state index is 12.7. The third-order valence-electron chi connectivity index (χ3n) is 3.92. The third kappa shape index (κ3) is 2.87. The highest BCUT2D eigenvalue weighted by atomic mass is 32.1. The van der Waals surface area contributed by atoms with Gasteiger partial charge in [-0.25, -0.2) is 15.0 Å². The molecule has 3 aromatic rings. The Labute approximate surface area is 136 Å². The Balaban J connectivity index is 1.60. The molecule has 0 saturated carbocycles. The van der Waals surface area contributed by atoms with Crippen molar-refractivity contribution in [2.45, 2.75) is 19.6 Å². The van der Waals surface area contributed by atoms with Crippen LogP contribution in [0.3, 0.4) is 0 Å². The van der Waals surface area contributed by atoms with Gasteiger partial charge in [0.25, 0.3) is 5.91 Å². The third-order valence-corrected chi connectivity index (χ3v) is 4.50. The molecular weight excluding hydrogens is 314 g/mol. The molecule has 4 rings (SSSR count). The van der Waals surface area contributed by atoms with E-state index in [1.54, 1.807) is 28.1 Å². The van der Waals surface area contributed by atoms with Crippen molar-refractivity contribution in [3.63, 3.8) is 0 Å². The number of hydrogen-bond acceptors (Lipinski definition) is 6. The second kappa shape index (κ2) is 5.92. The van der Waals surface area contributed by atoms with Crippen molar-refractivity contribution in [2.75, 3.05) is 6.54 Å². The monoisotopic (exact) mass is 329 g/mol. The van der Waals surface area contributed by atoms with E-state index in [1.807, 2.05) is 11.1 Å². The highest BCUT2D eigenvalue weighted by molar-refractivity contribution is 7.07. The van der Waals surface area contributed by atoms with Gasteiger partial charge in [-0.2, -0.15) is 5.10 Å². The minimum absolute atomic E-state index is 0.0497. The van der Waals surface area contributed by atoms with E-state index in [4.69, 9.17) is 0 Å². The van der Waals surface area contributed by atoms with Crippen molar-refractivity contribution in [1.82, 2.24) is 34.2 Å². The van der Waals surface area contributed by atoms with Crippen LogP contribution in [-0.2, 0) is 19.6 Å². The van der Waals surface area contributed by atoms with Crippen LogP contribution in [0.5, 0.6) is 0 Å². The van der Waals surface area contributed by atoms with E-state index in [-0.39, 0.29) is 11.8 Å². The molecule has 23 heavy (non-hydrogen) atoms. The number of carbonyl (C=O) groups excluding carboxylic acids is 1. The van der Waals surface area contributed by atoms with Crippen LogP contribution in [0.25, 0.3) is 0 Å². The maximum Gasteiger partial charge on any atom is 0.273 e. The summed E-state index contributed by atoms with van der Waals surface area (Å²) < 4.78 is 3.91. The second-order valence-corrected chi connectivity index (χ2v) is 6.26. The smallest absolute Gasteiger partial charge is 0.273 e. The summed E-state index contributed by atoms with van der Waals surface area (Å²) in [5.74, 6) is 1.08. The Morgan fingerprint density at radius 3 is 3.09 bits per heavy atom. The number of thiazole rings is 1. The highest BCUT2D eigenvalue weighted by Gasteiger charge is 2.27. The van der Waals surface area contributed by atoms with Gasteiger partial charge < -0.3 is 9.47 Å². The Bertz CT molecular complexity index is 780. The minimum Gasteiger partial charge on any atom is -0.333 e. The summed E-state index contributed by atoms with van der Waals surface area (Å²) in [6.07, 6.45) is 6.96. The molecule has 1 aliphatic rings. The predicted octanol–water partition coefficient (Wildman–Crippen LogP) is 0.903. The number of amides is 1. The predicted molar refractivity (Wildman–Crippen MR) is 82.6 cm³/mol. The summed E-state index contributed by atoms with van der Waals surface area (Å²) in [5.41, 5.74) is 2.17. The van der Waals surface area contributed by atoms with Crippen LogP contribution in [0.2, 0.25) is 0 Å². The van der Waals surface area contributed by atoms with Gasteiger partial charge in [-0.3, -0.25) is 9.48 Å². The number of imidazole rings is 1. The van der Waals surface area contributed by atoms with Crippen molar-refractivity contribution in [3.8, 4) is 0 Å². The zero-order chi connectivity index (χ0) is 15.6. The fourth-order valence-corrected chi connectivity index (χ4v) is 3.41. The van der Waals surface area contributed by atoms with Gasteiger partial charge >= 0.3 is 0 Å². The SMILES string of the molecule is O=C(c1cscn1)N1Cc2nccn2CC(Cn2cncn2)C1. The van der Waals surface area contributed by atoms with Crippen LogP contribution in [0, 0.1) is 5.92 Å². The van der Waals surface area contributed by atoms with Crippen molar-refractivity contribution < 1.29 is 4.79 Å². The molecule has 4 heterocycles. The number of rotatable bonds is 3. The van der Waals surface area contributed by atoms with Crippen molar-refractivity contribution in [2.24, 2.45) is 5.92 Å². The van der Waals surface area contributed by atoms with Crippen LogP contribution in [-0.4, -0.2) is 46.7 Å². The molecule has 8 nitrogen and oxygen atoms in total. The van der Waals surface area contributed by atoms with E-state index in [0.717, 1.165) is 12.4 Å². The van der Waals surface area contributed by atoms with E-state index in [1.165, 1.54) is 17.7 Å². The van der Waals surface area contributed by atoms with Crippen LogP contribution in [0.4, 0.5) is 0 Å². The molecule has 0 spiro atoms. The van der Waals surface area contributed by atoms with Gasteiger partial charge in [0.2, 0.25) is 0 Å². The first kappa shape index (κ1) is 14.1.